The number of carbonyl (C=O) groups is 2. The number of ether oxygens (including phenoxy) is 1. The molecule has 1 aromatic rings. The summed E-state index contributed by atoms with van der Waals surface area (Å²) in [5.41, 5.74) is -1.28. The summed E-state index contributed by atoms with van der Waals surface area (Å²) in [6, 6.07) is 7.04. The minimum Gasteiger partial charge on any atom is -0.496 e. The van der Waals surface area contributed by atoms with Crippen molar-refractivity contribution >= 4 is 11.9 Å². The van der Waals surface area contributed by atoms with Crippen LogP contribution in [0.1, 0.15) is 12.5 Å². The summed E-state index contributed by atoms with van der Waals surface area (Å²) in [5, 5.41) is 20.6. The fraction of sp³-hybridized carbons (Fsp3) is 0.385. The molecule has 0 aliphatic heterocycles. The molecule has 1 unspecified atom stereocenters. The number of carboxylic acids is 1. The van der Waals surface area contributed by atoms with E-state index in [1.165, 1.54) is 7.11 Å². The second kappa shape index (κ2) is 6.19. The molecule has 1 aromatic carbocycles. The van der Waals surface area contributed by atoms with Gasteiger partial charge in [0.2, 0.25) is 5.91 Å². The Balaban J connectivity index is 2.59. The van der Waals surface area contributed by atoms with Crippen molar-refractivity contribution in [2.45, 2.75) is 18.9 Å². The first kappa shape index (κ1) is 15.0. The lowest BCUT2D eigenvalue weighted by Gasteiger charge is -2.18. The van der Waals surface area contributed by atoms with E-state index in [1.807, 2.05) is 0 Å². The molecule has 19 heavy (non-hydrogen) atoms. The molecule has 1 atom stereocenters. The zero-order chi connectivity index (χ0) is 14.5. The largest absolute Gasteiger partial charge is 0.496 e. The Morgan fingerprint density at radius 2 is 2.00 bits per heavy atom. The maximum Gasteiger partial charge on any atom is 0.337 e. The molecule has 0 spiro atoms. The number of carboxylic acid groups (broad SMARTS) is 1. The molecule has 104 valence electrons. The van der Waals surface area contributed by atoms with Gasteiger partial charge < -0.3 is 20.3 Å². The van der Waals surface area contributed by atoms with Crippen molar-refractivity contribution in [2.24, 2.45) is 0 Å². The smallest absolute Gasteiger partial charge is 0.337 e. The van der Waals surface area contributed by atoms with E-state index < -0.39 is 11.6 Å². The van der Waals surface area contributed by atoms with Crippen LogP contribution in [0.25, 0.3) is 0 Å². The minimum absolute atomic E-state index is 0.0553. The number of nitrogens with one attached hydrogen (secondary N) is 1. The van der Waals surface area contributed by atoms with Crippen LogP contribution in [0.15, 0.2) is 24.3 Å². The molecule has 0 aliphatic carbocycles. The molecule has 0 saturated carbocycles. The fourth-order valence-corrected chi connectivity index (χ4v) is 1.43. The average Bonchev–Trinajstić information content (AvgIpc) is 2.37. The molecule has 0 radical (unpaired) electrons. The Hall–Kier alpha value is -2.08. The van der Waals surface area contributed by atoms with Gasteiger partial charge in [-0.2, -0.15) is 0 Å². The highest BCUT2D eigenvalue weighted by Gasteiger charge is 2.30. The van der Waals surface area contributed by atoms with Crippen molar-refractivity contribution in [1.82, 2.24) is 5.32 Å². The van der Waals surface area contributed by atoms with Gasteiger partial charge in [-0.25, -0.2) is 4.79 Å². The summed E-state index contributed by atoms with van der Waals surface area (Å²) in [4.78, 5) is 22.4. The van der Waals surface area contributed by atoms with Crippen molar-refractivity contribution < 1.29 is 24.5 Å². The Bertz CT molecular complexity index is 470. The van der Waals surface area contributed by atoms with E-state index >= 15 is 0 Å². The van der Waals surface area contributed by atoms with Crippen LogP contribution in [0.2, 0.25) is 0 Å². The van der Waals surface area contributed by atoms with Crippen molar-refractivity contribution in [3.63, 3.8) is 0 Å². The number of benzene rings is 1. The zero-order valence-electron chi connectivity index (χ0n) is 10.8. The molecule has 0 fully saturated rings. The highest BCUT2D eigenvalue weighted by atomic mass is 16.5. The van der Waals surface area contributed by atoms with Gasteiger partial charge in [0.1, 0.15) is 5.75 Å². The van der Waals surface area contributed by atoms with Gasteiger partial charge in [-0.1, -0.05) is 18.2 Å². The molecule has 3 N–H and O–H groups in total. The predicted octanol–water partition coefficient (Wildman–Crippen LogP) is 0.189. The van der Waals surface area contributed by atoms with Crippen molar-refractivity contribution in [1.29, 1.82) is 0 Å². The Labute approximate surface area is 111 Å². The summed E-state index contributed by atoms with van der Waals surface area (Å²) < 4.78 is 5.11. The van der Waals surface area contributed by atoms with Gasteiger partial charge in [-0.05, 0) is 13.0 Å². The second-order valence-corrected chi connectivity index (χ2v) is 4.34. The number of methoxy groups -OCH3 is 1. The number of carbonyl (C=O) groups excluding carboxylic acids is 1. The third kappa shape index (κ3) is 4.26. The quantitative estimate of drug-likeness (QED) is 0.683. The maximum absolute atomic E-state index is 11.7. The van der Waals surface area contributed by atoms with E-state index in [-0.39, 0.29) is 18.9 Å². The van der Waals surface area contributed by atoms with Crippen LogP contribution in [0, 0.1) is 0 Å². The van der Waals surface area contributed by atoms with E-state index in [4.69, 9.17) is 9.84 Å². The van der Waals surface area contributed by atoms with Crippen LogP contribution < -0.4 is 10.1 Å². The predicted molar refractivity (Wildman–Crippen MR) is 68.0 cm³/mol. The molecule has 0 bridgehead atoms. The number of hydrogen-bond donors (Lipinski definition) is 3. The molecule has 1 amide bonds. The average molecular weight is 267 g/mol. The first-order valence-electron chi connectivity index (χ1n) is 5.71. The summed E-state index contributed by atoms with van der Waals surface area (Å²) in [6.45, 7) is 0.773. The molecule has 6 nitrogen and oxygen atoms in total. The number of aliphatic carboxylic acids is 1. The first-order chi connectivity index (χ1) is 8.86. The summed E-state index contributed by atoms with van der Waals surface area (Å²) in [5.74, 6) is -1.18. The van der Waals surface area contributed by atoms with Crippen molar-refractivity contribution in [2.75, 3.05) is 13.7 Å². The SMILES string of the molecule is COc1ccccc1CC(=O)NCC(C)(O)C(=O)O. The number of hydrogen-bond acceptors (Lipinski definition) is 4. The molecular weight excluding hydrogens is 250 g/mol. The molecule has 6 heteroatoms. The summed E-state index contributed by atoms with van der Waals surface area (Å²) in [7, 11) is 1.51. The monoisotopic (exact) mass is 267 g/mol. The van der Waals surface area contributed by atoms with Crippen molar-refractivity contribution in [3.8, 4) is 5.75 Å². The lowest BCUT2D eigenvalue weighted by Crippen LogP contribution is -2.46. The van der Waals surface area contributed by atoms with Crippen LogP contribution in [-0.4, -0.2) is 41.3 Å². The van der Waals surface area contributed by atoms with E-state index in [9.17, 15) is 14.7 Å². The van der Waals surface area contributed by atoms with E-state index in [0.717, 1.165) is 6.92 Å². The van der Waals surface area contributed by atoms with E-state index in [0.29, 0.717) is 11.3 Å². The second-order valence-electron chi connectivity index (χ2n) is 4.34. The van der Waals surface area contributed by atoms with Crippen LogP contribution in [0.5, 0.6) is 5.75 Å². The first-order valence-corrected chi connectivity index (χ1v) is 5.71. The normalized spacial score (nSPS) is 13.4. The lowest BCUT2D eigenvalue weighted by atomic mass is 10.1. The third-order valence-electron chi connectivity index (χ3n) is 2.63. The van der Waals surface area contributed by atoms with Gasteiger partial charge in [0.15, 0.2) is 5.60 Å². The van der Waals surface area contributed by atoms with Gasteiger partial charge in [0.25, 0.3) is 0 Å². The standard InChI is InChI=1S/C13H17NO5/c1-13(18,12(16)17)8-14-11(15)7-9-5-3-4-6-10(9)19-2/h3-6,18H,7-8H2,1-2H3,(H,14,15)(H,16,17). The van der Waals surface area contributed by atoms with E-state index in [1.54, 1.807) is 24.3 Å². The lowest BCUT2D eigenvalue weighted by molar-refractivity contribution is -0.156. The van der Waals surface area contributed by atoms with Gasteiger partial charge in [-0.15, -0.1) is 0 Å². The molecule has 0 heterocycles. The van der Waals surface area contributed by atoms with Gasteiger partial charge >= 0.3 is 5.97 Å². The molecular formula is C13H17NO5. The maximum atomic E-state index is 11.7. The Kier molecular flexibility index (Phi) is 4.88. The molecule has 1 rings (SSSR count). The van der Waals surface area contributed by atoms with E-state index in [2.05, 4.69) is 5.32 Å². The molecule has 0 aliphatic rings. The minimum atomic E-state index is -1.98. The number of aliphatic hydroxyl groups is 1. The van der Waals surface area contributed by atoms with Gasteiger partial charge in [-0.3, -0.25) is 4.79 Å². The Morgan fingerprint density at radius 3 is 2.58 bits per heavy atom. The number of para-hydroxylation sites is 1. The molecule has 0 saturated heterocycles. The highest BCUT2D eigenvalue weighted by molar-refractivity contribution is 5.81. The van der Waals surface area contributed by atoms with Crippen molar-refractivity contribution in [3.05, 3.63) is 29.8 Å². The van der Waals surface area contributed by atoms with Gasteiger partial charge in [0.05, 0.1) is 20.1 Å². The Morgan fingerprint density at radius 1 is 1.37 bits per heavy atom. The fourth-order valence-electron chi connectivity index (χ4n) is 1.43. The van der Waals surface area contributed by atoms with Crippen LogP contribution in [0.3, 0.4) is 0 Å². The van der Waals surface area contributed by atoms with Crippen LogP contribution >= 0.6 is 0 Å². The zero-order valence-corrected chi connectivity index (χ0v) is 10.8. The highest BCUT2D eigenvalue weighted by Crippen LogP contribution is 2.17. The third-order valence-corrected chi connectivity index (χ3v) is 2.63. The number of amides is 1. The van der Waals surface area contributed by atoms with Crippen LogP contribution in [-0.2, 0) is 16.0 Å². The number of rotatable bonds is 6. The van der Waals surface area contributed by atoms with Gasteiger partial charge in [0, 0.05) is 5.56 Å². The molecule has 0 aromatic heterocycles. The topological polar surface area (TPSA) is 95.9 Å². The van der Waals surface area contributed by atoms with Crippen LogP contribution in [0.4, 0.5) is 0 Å². The summed E-state index contributed by atoms with van der Waals surface area (Å²) >= 11 is 0. The summed E-state index contributed by atoms with van der Waals surface area (Å²) in [6.07, 6.45) is 0.0553.